The summed E-state index contributed by atoms with van der Waals surface area (Å²) in [6.45, 7) is 2.26. The fraction of sp³-hybridized carbons (Fsp3) is 0.625. The molecule has 2 aliphatic rings. The highest BCUT2D eigenvalue weighted by atomic mass is 35.5. The third kappa shape index (κ3) is 3.13. The maximum atomic E-state index is 12.8. The van der Waals surface area contributed by atoms with Crippen LogP contribution in [0, 0.1) is 0 Å². The van der Waals surface area contributed by atoms with Gasteiger partial charge < -0.3 is 4.90 Å². The number of likely N-dealkylation sites (tertiary alicyclic amines) is 1. The van der Waals surface area contributed by atoms with E-state index in [4.69, 9.17) is 11.6 Å². The molecule has 2 unspecified atom stereocenters. The van der Waals surface area contributed by atoms with Crippen molar-refractivity contribution in [1.82, 2.24) is 4.90 Å². The predicted octanol–water partition coefficient (Wildman–Crippen LogP) is 3.52. The van der Waals surface area contributed by atoms with Crippen molar-refractivity contribution in [2.75, 3.05) is 13.1 Å². The largest absolute Gasteiger partial charge is 0.300 e. The topological polar surface area (TPSA) is 37.4 Å². The van der Waals surface area contributed by atoms with Gasteiger partial charge in [-0.25, -0.2) is 8.42 Å². The Morgan fingerprint density at radius 2 is 1.76 bits per heavy atom. The van der Waals surface area contributed by atoms with Crippen LogP contribution in [0.5, 0.6) is 0 Å². The minimum absolute atomic E-state index is 0.274. The van der Waals surface area contributed by atoms with Crippen molar-refractivity contribution < 1.29 is 8.42 Å². The molecule has 2 fully saturated rings. The van der Waals surface area contributed by atoms with E-state index < -0.39 is 9.84 Å². The highest BCUT2D eigenvalue weighted by molar-refractivity contribution is 7.92. The van der Waals surface area contributed by atoms with Gasteiger partial charge in [-0.2, -0.15) is 0 Å². The van der Waals surface area contributed by atoms with E-state index in [0.29, 0.717) is 16.0 Å². The standard InChI is InChI=1S/C16H22ClNO2S/c17-15-6-2-3-7-16(15)21(19,20)14-9-8-13(12-14)18-10-4-1-5-11-18/h2-3,6-7,13-14H,1,4-5,8-12H2. The van der Waals surface area contributed by atoms with E-state index in [2.05, 4.69) is 4.90 Å². The van der Waals surface area contributed by atoms with Gasteiger partial charge in [0.1, 0.15) is 0 Å². The molecular weight excluding hydrogens is 306 g/mol. The Bertz CT molecular complexity index is 596. The lowest BCUT2D eigenvalue weighted by Crippen LogP contribution is -2.38. The van der Waals surface area contributed by atoms with Crippen molar-refractivity contribution in [2.24, 2.45) is 0 Å². The number of nitrogens with zero attached hydrogens (tertiary/aromatic N) is 1. The van der Waals surface area contributed by atoms with Gasteiger partial charge in [-0.15, -0.1) is 0 Å². The highest BCUT2D eigenvalue weighted by Gasteiger charge is 2.38. The zero-order valence-corrected chi connectivity index (χ0v) is 13.7. The van der Waals surface area contributed by atoms with Crippen LogP contribution in [0.2, 0.25) is 5.02 Å². The lowest BCUT2D eigenvalue weighted by molar-refractivity contribution is 0.165. The number of halogens is 1. The van der Waals surface area contributed by atoms with Crippen LogP contribution in [0.3, 0.4) is 0 Å². The normalized spacial score (nSPS) is 27.9. The van der Waals surface area contributed by atoms with Crippen LogP contribution >= 0.6 is 11.6 Å². The van der Waals surface area contributed by atoms with E-state index in [1.165, 1.54) is 19.3 Å². The fourth-order valence-electron chi connectivity index (χ4n) is 3.67. The number of hydrogen-bond donors (Lipinski definition) is 0. The van der Waals surface area contributed by atoms with Crippen LogP contribution in [0.1, 0.15) is 38.5 Å². The Morgan fingerprint density at radius 3 is 2.48 bits per heavy atom. The monoisotopic (exact) mass is 327 g/mol. The summed E-state index contributed by atoms with van der Waals surface area (Å²) in [6, 6.07) is 7.24. The van der Waals surface area contributed by atoms with Gasteiger partial charge in [-0.1, -0.05) is 30.2 Å². The van der Waals surface area contributed by atoms with Gasteiger partial charge in [0.2, 0.25) is 0 Å². The van der Waals surface area contributed by atoms with Crippen LogP contribution in [0.25, 0.3) is 0 Å². The first-order valence-corrected chi connectivity index (χ1v) is 9.74. The Kier molecular flexibility index (Phi) is 4.57. The van der Waals surface area contributed by atoms with Gasteiger partial charge in [0.25, 0.3) is 0 Å². The summed E-state index contributed by atoms with van der Waals surface area (Å²) < 4.78 is 25.6. The molecule has 2 atom stereocenters. The molecule has 5 heteroatoms. The van der Waals surface area contributed by atoms with Crippen LogP contribution in [0.4, 0.5) is 0 Å². The van der Waals surface area contributed by atoms with Crippen LogP contribution in [-0.2, 0) is 9.84 Å². The maximum absolute atomic E-state index is 12.8. The second-order valence-corrected chi connectivity index (χ2v) is 8.76. The van der Waals surface area contributed by atoms with E-state index in [1.54, 1.807) is 24.3 Å². The van der Waals surface area contributed by atoms with Gasteiger partial charge in [-0.3, -0.25) is 0 Å². The third-order valence-electron chi connectivity index (χ3n) is 4.85. The van der Waals surface area contributed by atoms with Gasteiger partial charge >= 0.3 is 0 Å². The SMILES string of the molecule is O=S(=O)(c1ccccc1Cl)C1CCC(N2CCCCC2)C1. The van der Waals surface area contributed by atoms with Crippen molar-refractivity contribution in [3.8, 4) is 0 Å². The molecule has 0 amide bonds. The summed E-state index contributed by atoms with van der Waals surface area (Å²) >= 11 is 6.08. The van der Waals surface area contributed by atoms with E-state index >= 15 is 0 Å². The van der Waals surface area contributed by atoms with E-state index in [1.807, 2.05) is 0 Å². The molecule has 0 bridgehead atoms. The Labute approximate surface area is 132 Å². The Hall–Kier alpha value is -0.580. The molecule has 116 valence electrons. The van der Waals surface area contributed by atoms with Gasteiger partial charge in [0, 0.05) is 6.04 Å². The smallest absolute Gasteiger partial charge is 0.182 e. The Balaban J connectivity index is 1.74. The Morgan fingerprint density at radius 1 is 1.05 bits per heavy atom. The molecule has 21 heavy (non-hydrogen) atoms. The number of benzene rings is 1. The van der Waals surface area contributed by atoms with Crippen molar-refractivity contribution >= 4 is 21.4 Å². The second-order valence-electron chi connectivity index (χ2n) is 6.16. The van der Waals surface area contributed by atoms with Crippen LogP contribution in [0.15, 0.2) is 29.2 Å². The molecule has 1 aliphatic heterocycles. The van der Waals surface area contributed by atoms with Crippen molar-refractivity contribution in [3.63, 3.8) is 0 Å². The van der Waals surface area contributed by atoms with E-state index in [9.17, 15) is 8.42 Å². The summed E-state index contributed by atoms with van der Waals surface area (Å²) in [5, 5.41) is 0.0725. The quantitative estimate of drug-likeness (QED) is 0.852. The molecule has 0 aromatic heterocycles. The molecule has 1 heterocycles. The summed E-state index contributed by atoms with van der Waals surface area (Å²) in [5.41, 5.74) is 0. The molecule has 0 N–H and O–H groups in total. The number of sulfone groups is 1. The molecule has 1 aromatic rings. The predicted molar refractivity (Wildman–Crippen MR) is 85.5 cm³/mol. The molecular formula is C16H22ClNO2S. The van der Waals surface area contributed by atoms with Crippen molar-refractivity contribution in [1.29, 1.82) is 0 Å². The molecule has 0 radical (unpaired) electrons. The van der Waals surface area contributed by atoms with E-state index in [0.717, 1.165) is 32.4 Å². The third-order valence-corrected chi connectivity index (χ3v) is 7.56. The summed E-state index contributed by atoms with van der Waals surface area (Å²) in [5.74, 6) is 0. The summed E-state index contributed by atoms with van der Waals surface area (Å²) in [7, 11) is -3.30. The lowest BCUT2D eigenvalue weighted by Gasteiger charge is -2.32. The lowest BCUT2D eigenvalue weighted by atomic mass is 10.1. The summed E-state index contributed by atoms with van der Waals surface area (Å²) in [6.07, 6.45) is 6.32. The minimum atomic E-state index is -3.30. The first kappa shape index (κ1) is 15.3. The molecule has 1 saturated heterocycles. The molecule has 0 spiro atoms. The average Bonchev–Trinajstić information content (AvgIpc) is 2.99. The molecule has 1 saturated carbocycles. The zero-order valence-electron chi connectivity index (χ0n) is 12.2. The molecule has 1 aromatic carbocycles. The molecule has 3 rings (SSSR count). The fourth-order valence-corrected chi connectivity index (χ4v) is 6.02. The highest BCUT2D eigenvalue weighted by Crippen LogP contribution is 2.35. The van der Waals surface area contributed by atoms with Crippen molar-refractivity contribution in [3.05, 3.63) is 29.3 Å². The second kappa shape index (κ2) is 6.27. The molecule has 1 aliphatic carbocycles. The maximum Gasteiger partial charge on any atom is 0.182 e. The summed E-state index contributed by atoms with van der Waals surface area (Å²) in [4.78, 5) is 2.79. The van der Waals surface area contributed by atoms with Crippen LogP contribution in [-0.4, -0.2) is 37.7 Å². The van der Waals surface area contributed by atoms with Gasteiger partial charge in [0.05, 0.1) is 15.2 Å². The average molecular weight is 328 g/mol. The minimum Gasteiger partial charge on any atom is -0.300 e. The number of hydrogen-bond acceptors (Lipinski definition) is 3. The first-order chi connectivity index (χ1) is 10.1. The molecule has 3 nitrogen and oxygen atoms in total. The zero-order chi connectivity index (χ0) is 14.9. The first-order valence-electron chi connectivity index (χ1n) is 7.81. The van der Waals surface area contributed by atoms with Gasteiger partial charge in [0.15, 0.2) is 9.84 Å². The van der Waals surface area contributed by atoms with E-state index in [-0.39, 0.29) is 5.25 Å². The number of piperidine rings is 1. The van der Waals surface area contributed by atoms with Crippen molar-refractivity contribution in [2.45, 2.75) is 54.7 Å². The van der Waals surface area contributed by atoms with Gasteiger partial charge in [-0.05, 0) is 57.3 Å². The number of rotatable bonds is 3. The van der Waals surface area contributed by atoms with Crippen LogP contribution < -0.4 is 0 Å².